The summed E-state index contributed by atoms with van der Waals surface area (Å²) in [5.74, 6) is 0. The number of carbonyl (C=O) groups excluding carboxylic acids is 1. The molecule has 0 bridgehead atoms. The Balaban J connectivity index is 2.33. The lowest BCUT2D eigenvalue weighted by atomic mass is 9.87. The van der Waals surface area contributed by atoms with Crippen molar-refractivity contribution >= 4 is 6.29 Å². The van der Waals surface area contributed by atoms with Gasteiger partial charge in [0, 0.05) is 31.1 Å². The topological polar surface area (TPSA) is 41.1 Å². The van der Waals surface area contributed by atoms with Gasteiger partial charge in [0.1, 0.15) is 6.29 Å². The molecule has 70 valence electrons. The molecule has 0 aromatic rings. The number of rotatable bonds is 3. The summed E-state index contributed by atoms with van der Waals surface area (Å²) in [6.07, 6.45) is 1.97. The first-order valence-corrected chi connectivity index (χ1v) is 4.54. The number of hydrogen-bond donors (Lipinski definition) is 2. The summed E-state index contributed by atoms with van der Waals surface area (Å²) in [7, 11) is 0. The molecule has 0 saturated carbocycles. The van der Waals surface area contributed by atoms with Crippen molar-refractivity contribution in [1.82, 2.24) is 10.6 Å². The van der Waals surface area contributed by atoms with Crippen molar-refractivity contribution in [3.63, 3.8) is 0 Å². The fourth-order valence-corrected chi connectivity index (χ4v) is 1.54. The molecule has 0 aliphatic carbocycles. The normalized spacial score (nSPS) is 25.3. The highest BCUT2D eigenvalue weighted by atomic mass is 16.1. The quantitative estimate of drug-likeness (QED) is 0.593. The largest absolute Gasteiger partial charge is 0.314 e. The molecular formula is C9H18N2O. The Hall–Kier alpha value is -0.410. The number of hydrogen-bond acceptors (Lipinski definition) is 3. The molecule has 1 unspecified atom stereocenters. The fourth-order valence-electron chi connectivity index (χ4n) is 1.54. The summed E-state index contributed by atoms with van der Waals surface area (Å²) in [6.45, 7) is 7.00. The molecule has 1 rings (SSSR count). The predicted molar refractivity (Wildman–Crippen MR) is 49.1 cm³/mol. The minimum Gasteiger partial charge on any atom is -0.314 e. The third-order valence-corrected chi connectivity index (χ3v) is 2.22. The van der Waals surface area contributed by atoms with E-state index in [4.69, 9.17) is 0 Å². The monoisotopic (exact) mass is 170 g/mol. The van der Waals surface area contributed by atoms with Crippen LogP contribution in [0.5, 0.6) is 0 Å². The van der Waals surface area contributed by atoms with Gasteiger partial charge in [0.05, 0.1) is 0 Å². The van der Waals surface area contributed by atoms with Crippen molar-refractivity contribution in [1.29, 1.82) is 0 Å². The zero-order valence-electron chi connectivity index (χ0n) is 7.89. The Morgan fingerprint density at radius 1 is 1.50 bits per heavy atom. The maximum atomic E-state index is 10.7. The second-order valence-corrected chi connectivity index (χ2v) is 4.17. The third kappa shape index (κ3) is 2.91. The van der Waals surface area contributed by atoms with Gasteiger partial charge in [-0.15, -0.1) is 0 Å². The van der Waals surface area contributed by atoms with Crippen LogP contribution in [0.25, 0.3) is 0 Å². The van der Waals surface area contributed by atoms with Gasteiger partial charge in [-0.3, -0.25) is 0 Å². The zero-order chi connectivity index (χ0) is 9.03. The van der Waals surface area contributed by atoms with Crippen LogP contribution >= 0.6 is 0 Å². The molecule has 1 aliphatic heterocycles. The lowest BCUT2D eigenvalue weighted by Gasteiger charge is -2.29. The van der Waals surface area contributed by atoms with Gasteiger partial charge >= 0.3 is 0 Å². The van der Waals surface area contributed by atoms with Crippen molar-refractivity contribution in [2.24, 2.45) is 5.41 Å². The van der Waals surface area contributed by atoms with Gasteiger partial charge in [0.25, 0.3) is 0 Å². The van der Waals surface area contributed by atoms with Gasteiger partial charge in [0.2, 0.25) is 0 Å². The van der Waals surface area contributed by atoms with Gasteiger partial charge in [-0.05, 0) is 6.42 Å². The summed E-state index contributed by atoms with van der Waals surface area (Å²) in [4.78, 5) is 10.7. The molecule has 3 heteroatoms. The van der Waals surface area contributed by atoms with Crippen molar-refractivity contribution in [3.05, 3.63) is 0 Å². The van der Waals surface area contributed by atoms with Gasteiger partial charge in [0.15, 0.2) is 0 Å². The molecule has 1 atom stereocenters. The van der Waals surface area contributed by atoms with Gasteiger partial charge < -0.3 is 15.4 Å². The van der Waals surface area contributed by atoms with Crippen molar-refractivity contribution in [3.8, 4) is 0 Å². The highest BCUT2D eigenvalue weighted by molar-refractivity contribution is 5.57. The van der Waals surface area contributed by atoms with Crippen LogP contribution in [0.3, 0.4) is 0 Å². The average Bonchev–Trinajstić information content (AvgIpc) is 2.06. The van der Waals surface area contributed by atoms with Crippen molar-refractivity contribution in [2.45, 2.75) is 26.3 Å². The summed E-state index contributed by atoms with van der Waals surface area (Å²) < 4.78 is 0. The first-order chi connectivity index (χ1) is 5.64. The summed E-state index contributed by atoms with van der Waals surface area (Å²) >= 11 is 0. The molecule has 0 aromatic heterocycles. The molecule has 12 heavy (non-hydrogen) atoms. The molecule has 1 saturated heterocycles. The smallest absolute Gasteiger partial charge is 0.125 e. The molecule has 1 heterocycles. The molecule has 1 fully saturated rings. The molecule has 0 radical (unpaired) electrons. The Morgan fingerprint density at radius 2 is 2.25 bits per heavy atom. The average molecular weight is 170 g/mol. The fraction of sp³-hybridized carbons (Fsp3) is 0.889. The number of carbonyl (C=O) groups is 1. The van der Waals surface area contributed by atoms with Crippen LogP contribution in [-0.2, 0) is 4.79 Å². The standard InChI is InChI=1S/C9H18N2O/c1-9(2,7-12)5-8-6-10-3-4-11-8/h7-8,10-11H,3-6H2,1-2H3. The Morgan fingerprint density at radius 3 is 2.75 bits per heavy atom. The van der Waals surface area contributed by atoms with E-state index in [1.807, 2.05) is 13.8 Å². The van der Waals surface area contributed by atoms with Gasteiger partial charge in [-0.1, -0.05) is 13.8 Å². The molecule has 1 aliphatic rings. The summed E-state index contributed by atoms with van der Waals surface area (Å²) in [5.41, 5.74) is -0.184. The van der Waals surface area contributed by atoms with Crippen LogP contribution in [0.2, 0.25) is 0 Å². The van der Waals surface area contributed by atoms with Crippen molar-refractivity contribution in [2.75, 3.05) is 19.6 Å². The van der Waals surface area contributed by atoms with Crippen LogP contribution in [0, 0.1) is 5.41 Å². The van der Waals surface area contributed by atoms with Crippen LogP contribution in [0.1, 0.15) is 20.3 Å². The SMILES string of the molecule is CC(C)(C=O)CC1CNCCN1. The van der Waals surface area contributed by atoms with E-state index in [0.29, 0.717) is 6.04 Å². The van der Waals surface area contributed by atoms with E-state index in [1.54, 1.807) is 0 Å². The minimum atomic E-state index is -0.184. The van der Waals surface area contributed by atoms with Gasteiger partial charge in [-0.2, -0.15) is 0 Å². The second-order valence-electron chi connectivity index (χ2n) is 4.17. The number of piperazine rings is 1. The Kier molecular flexibility index (Phi) is 3.23. The number of aldehydes is 1. The van der Waals surface area contributed by atoms with Crippen LogP contribution in [0.4, 0.5) is 0 Å². The van der Waals surface area contributed by atoms with E-state index < -0.39 is 0 Å². The molecular weight excluding hydrogens is 152 g/mol. The van der Waals surface area contributed by atoms with E-state index in [9.17, 15) is 4.79 Å². The molecule has 2 N–H and O–H groups in total. The Labute approximate surface area is 73.9 Å². The summed E-state index contributed by atoms with van der Waals surface area (Å²) in [6, 6.07) is 0.457. The van der Waals surface area contributed by atoms with Crippen LogP contribution < -0.4 is 10.6 Å². The van der Waals surface area contributed by atoms with E-state index in [2.05, 4.69) is 10.6 Å². The zero-order valence-corrected chi connectivity index (χ0v) is 7.89. The lowest BCUT2D eigenvalue weighted by Crippen LogP contribution is -2.49. The highest BCUT2D eigenvalue weighted by Crippen LogP contribution is 2.19. The maximum Gasteiger partial charge on any atom is 0.125 e. The molecule has 0 spiro atoms. The minimum absolute atomic E-state index is 0.184. The lowest BCUT2D eigenvalue weighted by molar-refractivity contribution is -0.115. The Bertz CT molecular complexity index is 151. The summed E-state index contributed by atoms with van der Waals surface area (Å²) in [5, 5.41) is 6.69. The van der Waals surface area contributed by atoms with E-state index in [-0.39, 0.29) is 5.41 Å². The van der Waals surface area contributed by atoms with E-state index in [1.165, 1.54) is 0 Å². The van der Waals surface area contributed by atoms with E-state index >= 15 is 0 Å². The molecule has 0 aromatic carbocycles. The number of nitrogens with one attached hydrogen (secondary N) is 2. The maximum absolute atomic E-state index is 10.7. The van der Waals surface area contributed by atoms with Crippen LogP contribution in [0.15, 0.2) is 0 Å². The molecule has 0 amide bonds. The van der Waals surface area contributed by atoms with Crippen LogP contribution in [-0.4, -0.2) is 32.0 Å². The highest BCUT2D eigenvalue weighted by Gasteiger charge is 2.23. The van der Waals surface area contributed by atoms with Gasteiger partial charge in [-0.25, -0.2) is 0 Å². The predicted octanol–water partition coefficient (Wildman–Crippen LogP) is 0.163. The second kappa shape index (κ2) is 4.01. The third-order valence-electron chi connectivity index (χ3n) is 2.22. The van der Waals surface area contributed by atoms with E-state index in [0.717, 1.165) is 32.3 Å². The first-order valence-electron chi connectivity index (χ1n) is 4.54. The first kappa shape index (κ1) is 9.68. The molecule has 3 nitrogen and oxygen atoms in total. The van der Waals surface area contributed by atoms with Crippen molar-refractivity contribution < 1.29 is 4.79 Å².